The zero-order valence-corrected chi connectivity index (χ0v) is 16.7. The highest BCUT2D eigenvalue weighted by Crippen LogP contribution is 2.37. The SMILES string of the molecule is CC(C)c1nc2cc(NC(=O)C3CC(=O)N(c4ccc5c(c4)OCO5)C3)ccc2o1. The first-order valence-corrected chi connectivity index (χ1v) is 9.89. The van der Waals surface area contributed by atoms with Crippen LogP contribution in [0, 0.1) is 5.92 Å². The number of nitrogens with zero attached hydrogens (tertiary/aromatic N) is 2. The molecule has 0 saturated carbocycles. The zero-order chi connectivity index (χ0) is 20.8. The van der Waals surface area contributed by atoms with E-state index in [1.54, 1.807) is 41.3 Å². The summed E-state index contributed by atoms with van der Waals surface area (Å²) in [6, 6.07) is 10.7. The molecule has 0 aliphatic carbocycles. The molecule has 2 amide bonds. The molecule has 1 aromatic heterocycles. The summed E-state index contributed by atoms with van der Waals surface area (Å²) in [4.78, 5) is 31.4. The molecule has 0 spiro atoms. The molecule has 1 N–H and O–H groups in total. The van der Waals surface area contributed by atoms with E-state index in [0.29, 0.717) is 46.4 Å². The predicted octanol–water partition coefficient (Wildman–Crippen LogP) is 3.67. The van der Waals surface area contributed by atoms with Gasteiger partial charge in [0.15, 0.2) is 23.0 Å². The molecule has 1 saturated heterocycles. The Hall–Kier alpha value is -3.55. The number of carbonyl (C=O) groups is 2. The molecule has 8 nitrogen and oxygen atoms in total. The molecule has 2 aromatic carbocycles. The summed E-state index contributed by atoms with van der Waals surface area (Å²) in [7, 11) is 0. The smallest absolute Gasteiger partial charge is 0.231 e. The average molecular weight is 407 g/mol. The van der Waals surface area contributed by atoms with Crippen molar-refractivity contribution in [3.05, 3.63) is 42.3 Å². The summed E-state index contributed by atoms with van der Waals surface area (Å²) in [6.07, 6.45) is 0.157. The van der Waals surface area contributed by atoms with Gasteiger partial charge in [-0.15, -0.1) is 0 Å². The van der Waals surface area contributed by atoms with Gasteiger partial charge in [0.25, 0.3) is 0 Å². The number of oxazole rings is 1. The Balaban J connectivity index is 1.30. The second kappa shape index (κ2) is 7.05. The van der Waals surface area contributed by atoms with Crippen LogP contribution < -0.4 is 19.7 Å². The van der Waals surface area contributed by atoms with Crippen molar-refractivity contribution in [2.75, 3.05) is 23.6 Å². The number of benzene rings is 2. The van der Waals surface area contributed by atoms with E-state index in [1.807, 2.05) is 13.8 Å². The van der Waals surface area contributed by atoms with E-state index in [9.17, 15) is 9.59 Å². The van der Waals surface area contributed by atoms with E-state index in [1.165, 1.54) is 0 Å². The Labute approximate surface area is 172 Å². The number of hydrogen-bond acceptors (Lipinski definition) is 6. The molecular formula is C22H21N3O5. The van der Waals surface area contributed by atoms with Crippen LogP contribution in [0.15, 0.2) is 40.8 Å². The zero-order valence-electron chi connectivity index (χ0n) is 16.7. The Kier molecular flexibility index (Phi) is 4.34. The number of amides is 2. The van der Waals surface area contributed by atoms with Crippen molar-refractivity contribution in [2.45, 2.75) is 26.2 Å². The maximum atomic E-state index is 12.8. The Bertz CT molecular complexity index is 1150. The summed E-state index contributed by atoms with van der Waals surface area (Å²) >= 11 is 0. The highest BCUT2D eigenvalue weighted by Gasteiger charge is 2.35. The lowest BCUT2D eigenvalue weighted by atomic mass is 10.1. The minimum Gasteiger partial charge on any atom is -0.454 e. The van der Waals surface area contributed by atoms with Crippen molar-refractivity contribution in [2.24, 2.45) is 5.92 Å². The fourth-order valence-corrected chi connectivity index (χ4v) is 3.70. The minimum atomic E-state index is -0.442. The molecule has 5 rings (SSSR count). The summed E-state index contributed by atoms with van der Waals surface area (Å²) in [5, 5.41) is 2.90. The van der Waals surface area contributed by atoms with E-state index in [2.05, 4.69) is 10.3 Å². The van der Waals surface area contributed by atoms with Crippen molar-refractivity contribution in [3.8, 4) is 11.5 Å². The van der Waals surface area contributed by atoms with Crippen LogP contribution in [0.2, 0.25) is 0 Å². The molecule has 3 aromatic rings. The van der Waals surface area contributed by atoms with E-state index in [0.717, 1.165) is 0 Å². The average Bonchev–Trinajstić information content (AvgIpc) is 3.44. The first-order chi connectivity index (χ1) is 14.5. The molecular weight excluding hydrogens is 386 g/mol. The number of nitrogens with one attached hydrogen (secondary N) is 1. The van der Waals surface area contributed by atoms with Gasteiger partial charge in [-0.25, -0.2) is 4.98 Å². The van der Waals surface area contributed by atoms with E-state index < -0.39 is 5.92 Å². The Morgan fingerprint density at radius 2 is 2.00 bits per heavy atom. The summed E-state index contributed by atoms with van der Waals surface area (Å²) in [5.74, 6) is 1.37. The van der Waals surface area contributed by atoms with Gasteiger partial charge in [-0.3, -0.25) is 9.59 Å². The molecule has 1 atom stereocenters. The van der Waals surface area contributed by atoms with Crippen LogP contribution in [0.4, 0.5) is 11.4 Å². The topological polar surface area (TPSA) is 93.9 Å². The van der Waals surface area contributed by atoms with Crippen LogP contribution in [0.3, 0.4) is 0 Å². The number of ether oxygens (including phenoxy) is 2. The van der Waals surface area contributed by atoms with Crippen molar-refractivity contribution >= 4 is 34.3 Å². The molecule has 0 radical (unpaired) electrons. The van der Waals surface area contributed by atoms with Gasteiger partial charge >= 0.3 is 0 Å². The van der Waals surface area contributed by atoms with Crippen LogP contribution in [0.5, 0.6) is 11.5 Å². The third-order valence-corrected chi connectivity index (χ3v) is 5.33. The standard InChI is InChI=1S/C22H21N3O5/c1-12(2)22-24-16-8-14(3-5-17(16)30-22)23-21(27)13-7-20(26)25(10-13)15-4-6-18-19(9-15)29-11-28-18/h3-6,8-9,12-13H,7,10-11H2,1-2H3,(H,23,27). The molecule has 3 heterocycles. The number of hydrogen-bond donors (Lipinski definition) is 1. The molecule has 154 valence electrons. The highest BCUT2D eigenvalue weighted by atomic mass is 16.7. The number of anilines is 2. The van der Waals surface area contributed by atoms with Crippen LogP contribution in [-0.4, -0.2) is 30.1 Å². The summed E-state index contributed by atoms with van der Waals surface area (Å²) < 4.78 is 16.4. The fourth-order valence-electron chi connectivity index (χ4n) is 3.70. The second-order valence-corrected chi connectivity index (χ2v) is 7.82. The lowest BCUT2D eigenvalue weighted by Gasteiger charge is -2.17. The highest BCUT2D eigenvalue weighted by molar-refractivity contribution is 6.04. The first kappa shape index (κ1) is 18.5. The lowest BCUT2D eigenvalue weighted by molar-refractivity contribution is -0.122. The fraction of sp³-hybridized carbons (Fsp3) is 0.318. The van der Waals surface area contributed by atoms with Crippen LogP contribution in [0.1, 0.15) is 32.1 Å². The molecule has 1 unspecified atom stereocenters. The van der Waals surface area contributed by atoms with Gasteiger partial charge in [0.1, 0.15) is 5.52 Å². The normalized spacial score (nSPS) is 17.9. The Morgan fingerprint density at radius 3 is 2.83 bits per heavy atom. The van der Waals surface area contributed by atoms with Gasteiger partial charge < -0.3 is 24.1 Å². The largest absolute Gasteiger partial charge is 0.454 e. The molecule has 8 heteroatoms. The molecule has 2 aliphatic rings. The number of rotatable bonds is 4. The van der Waals surface area contributed by atoms with Crippen molar-refractivity contribution in [1.82, 2.24) is 4.98 Å². The molecule has 0 bridgehead atoms. The third-order valence-electron chi connectivity index (χ3n) is 5.33. The maximum Gasteiger partial charge on any atom is 0.231 e. The molecule has 30 heavy (non-hydrogen) atoms. The van der Waals surface area contributed by atoms with Crippen LogP contribution >= 0.6 is 0 Å². The number of fused-ring (bicyclic) bond motifs is 2. The van der Waals surface area contributed by atoms with Crippen LogP contribution in [-0.2, 0) is 9.59 Å². The number of aromatic nitrogens is 1. The quantitative estimate of drug-likeness (QED) is 0.709. The van der Waals surface area contributed by atoms with Gasteiger partial charge in [-0.1, -0.05) is 13.8 Å². The van der Waals surface area contributed by atoms with Gasteiger partial charge in [0.2, 0.25) is 18.6 Å². The summed E-state index contributed by atoms with van der Waals surface area (Å²) in [5.41, 5.74) is 2.71. The van der Waals surface area contributed by atoms with Crippen molar-refractivity contribution in [1.29, 1.82) is 0 Å². The van der Waals surface area contributed by atoms with Gasteiger partial charge in [0.05, 0.1) is 5.92 Å². The van der Waals surface area contributed by atoms with E-state index in [-0.39, 0.29) is 30.9 Å². The van der Waals surface area contributed by atoms with Crippen molar-refractivity contribution < 1.29 is 23.5 Å². The summed E-state index contributed by atoms with van der Waals surface area (Å²) in [6.45, 7) is 4.51. The van der Waals surface area contributed by atoms with Gasteiger partial charge in [-0.05, 0) is 30.3 Å². The third kappa shape index (κ3) is 3.24. The van der Waals surface area contributed by atoms with Crippen LogP contribution in [0.25, 0.3) is 11.1 Å². The minimum absolute atomic E-state index is 0.0949. The predicted molar refractivity (Wildman–Crippen MR) is 110 cm³/mol. The van der Waals surface area contributed by atoms with Gasteiger partial charge in [0, 0.05) is 36.3 Å². The van der Waals surface area contributed by atoms with Gasteiger partial charge in [-0.2, -0.15) is 0 Å². The lowest BCUT2D eigenvalue weighted by Crippen LogP contribution is -2.28. The molecule has 1 fully saturated rings. The first-order valence-electron chi connectivity index (χ1n) is 9.89. The van der Waals surface area contributed by atoms with E-state index >= 15 is 0 Å². The second-order valence-electron chi connectivity index (χ2n) is 7.82. The Morgan fingerprint density at radius 1 is 1.17 bits per heavy atom. The van der Waals surface area contributed by atoms with Crippen molar-refractivity contribution in [3.63, 3.8) is 0 Å². The number of carbonyl (C=O) groups excluding carboxylic acids is 2. The monoisotopic (exact) mass is 407 g/mol. The van der Waals surface area contributed by atoms with E-state index in [4.69, 9.17) is 13.9 Å². The molecule has 2 aliphatic heterocycles. The maximum absolute atomic E-state index is 12.8.